The second-order valence-corrected chi connectivity index (χ2v) is 6.63. The van der Waals surface area contributed by atoms with Crippen LogP contribution in [-0.4, -0.2) is 24.9 Å². The van der Waals surface area contributed by atoms with E-state index in [1.807, 2.05) is 23.6 Å². The first-order valence-electron chi connectivity index (χ1n) is 8.39. The van der Waals surface area contributed by atoms with Gasteiger partial charge in [-0.25, -0.2) is 4.98 Å². The first-order chi connectivity index (χ1) is 13.6. The Kier molecular flexibility index (Phi) is 6.91. The van der Waals surface area contributed by atoms with Crippen LogP contribution in [0.2, 0.25) is 0 Å². The molecule has 0 aliphatic heterocycles. The molecule has 0 fully saturated rings. The van der Waals surface area contributed by atoms with E-state index in [1.54, 1.807) is 17.4 Å². The Morgan fingerprint density at radius 1 is 1.14 bits per heavy atom. The maximum Gasteiger partial charge on any atom is 0.387 e. The summed E-state index contributed by atoms with van der Waals surface area (Å²) in [6.45, 7) is -2.67. The van der Waals surface area contributed by atoms with Gasteiger partial charge in [-0.15, -0.1) is 11.3 Å². The molecule has 0 radical (unpaired) electrons. The van der Waals surface area contributed by atoms with Crippen LogP contribution in [0.15, 0.2) is 59.1 Å². The highest BCUT2D eigenvalue weighted by Crippen LogP contribution is 2.29. The fourth-order valence-corrected chi connectivity index (χ4v) is 3.24. The summed E-state index contributed by atoms with van der Waals surface area (Å²) in [7, 11) is 1.38. The van der Waals surface area contributed by atoms with Gasteiger partial charge in [-0.1, -0.05) is 35.5 Å². The normalized spacial score (nSPS) is 11.1. The Morgan fingerprint density at radius 3 is 2.71 bits per heavy atom. The molecule has 3 aromatic rings. The molecule has 0 aliphatic carbocycles. The molecule has 3 rings (SSSR count). The van der Waals surface area contributed by atoms with Crippen molar-refractivity contribution < 1.29 is 23.1 Å². The van der Waals surface area contributed by atoms with Gasteiger partial charge in [0.05, 0.1) is 24.0 Å². The van der Waals surface area contributed by atoms with Gasteiger partial charge in [0.15, 0.2) is 18.1 Å². The Bertz CT molecular complexity index is 917. The number of ether oxygens (including phenoxy) is 2. The summed E-state index contributed by atoms with van der Waals surface area (Å²) >= 11 is 1.58. The molecule has 8 heteroatoms. The van der Waals surface area contributed by atoms with Crippen LogP contribution in [0.3, 0.4) is 0 Å². The maximum atomic E-state index is 12.3. The standard InChI is InChI=1S/C20H18F2N2O3S/c1-25-18-9-15(7-8-17(18)27-20(21)22)11-23-26-12-16-13-28-19(24-16)10-14-5-3-2-4-6-14/h2-9,11,13,20H,10,12H2,1H3/b23-11+. The number of hydrogen-bond acceptors (Lipinski definition) is 6. The Hall–Kier alpha value is -3.00. The zero-order valence-electron chi connectivity index (χ0n) is 15.0. The number of halogens is 2. The molecule has 28 heavy (non-hydrogen) atoms. The summed E-state index contributed by atoms with van der Waals surface area (Å²) in [4.78, 5) is 9.81. The zero-order valence-corrected chi connectivity index (χ0v) is 15.9. The molecule has 2 aromatic carbocycles. The number of methoxy groups -OCH3 is 1. The van der Waals surface area contributed by atoms with Crippen LogP contribution < -0.4 is 9.47 Å². The van der Waals surface area contributed by atoms with Crippen LogP contribution >= 0.6 is 11.3 Å². The molecular weight excluding hydrogens is 386 g/mol. The Labute approximate surface area is 165 Å². The van der Waals surface area contributed by atoms with Gasteiger partial charge >= 0.3 is 6.61 Å². The van der Waals surface area contributed by atoms with Gasteiger partial charge in [-0.2, -0.15) is 8.78 Å². The number of hydrogen-bond donors (Lipinski definition) is 0. The second-order valence-electron chi connectivity index (χ2n) is 5.69. The van der Waals surface area contributed by atoms with Crippen LogP contribution in [0.1, 0.15) is 21.8 Å². The minimum absolute atomic E-state index is 0.0380. The van der Waals surface area contributed by atoms with Gasteiger partial charge in [0.1, 0.15) is 0 Å². The third kappa shape index (κ3) is 5.75. The predicted octanol–water partition coefficient (Wildman–Crippen LogP) is 4.89. The number of thiazole rings is 1. The lowest BCUT2D eigenvalue weighted by Crippen LogP contribution is -2.03. The van der Waals surface area contributed by atoms with Crippen LogP contribution in [-0.2, 0) is 17.9 Å². The van der Waals surface area contributed by atoms with Gasteiger partial charge in [0.25, 0.3) is 0 Å². The van der Waals surface area contributed by atoms with Gasteiger partial charge < -0.3 is 14.3 Å². The molecule has 5 nitrogen and oxygen atoms in total. The third-order valence-electron chi connectivity index (χ3n) is 3.69. The van der Waals surface area contributed by atoms with Crippen molar-refractivity contribution in [3.63, 3.8) is 0 Å². The summed E-state index contributed by atoms with van der Waals surface area (Å²) in [5, 5.41) is 6.84. The van der Waals surface area contributed by atoms with E-state index in [9.17, 15) is 8.78 Å². The first-order valence-corrected chi connectivity index (χ1v) is 9.27. The fourth-order valence-electron chi connectivity index (χ4n) is 2.43. The van der Waals surface area contributed by atoms with Crippen molar-refractivity contribution in [2.24, 2.45) is 5.16 Å². The summed E-state index contributed by atoms with van der Waals surface area (Å²) < 4.78 is 34.1. The number of alkyl halides is 2. The van der Waals surface area contributed by atoms with Gasteiger partial charge in [-0.05, 0) is 23.8 Å². The smallest absolute Gasteiger partial charge is 0.387 e. The van der Waals surface area contributed by atoms with Crippen molar-refractivity contribution >= 4 is 17.6 Å². The van der Waals surface area contributed by atoms with E-state index in [0.717, 1.165) is 17.1 Å². The average molecular weight is 404 g/mol. The summed E-state index contributed by atoms with van der Waals surface area (Å²) in [6, 6.07) is 14.6. The molecule has 1 aromatic heterocycles. The summed E-state index contributed by atoms with van der Waals surface area (Å²) in [5.41, 5.74) is 2.63. The molecule has 0 saturated heterocycles. The van der Waals surface area contributed by atoms with E-state index in [-0.39, 0.29) is 18.1 Å². The highest BCUT2D eigenvalue weighted by atomic mass is 32.1. The van der Waals surface area contributed by atoms with Crippen LogP contribution in [0.5, 0.6) is 11.5 Å². The molecule has 0 N–H and O–H groups in total. The van der Waals surface area contributed by atoms with Crippen molar-refractivity contribution in [2.45, 2.75) is 19.6 Å². The second kappa shape index (κ2) is 9.80. The van der Waals surface area contributed by atoms with E-state index in [4.69, 9.17) is 9.57 Å². The first kappa shape index (κ1) is 19.8. The topological polar surface area (TPSA) is 52.9 Å². The number of aromatic nitrogens is 1. The molecule has 0 unspecified atom stereocenters. The van der Waals surface area contributed by atoms with Crippen LogP contribution in [0.25, 0.3) is 0 Å². The summed E-state index contributed by atoms with van der Waals surface area (Å²) in [5.74, 6) is 0.151. The minimum Gasteiger partial charge on any atom is -0.493 e. The maximum absolute atomic E-state index is 12.3. The largest absolute Gasteiger partial charge is 0.493 e. The fraction of sp³-hybridized carbons (Fsp3) is 0.200. The van der Waals surface area contributed by atoms with Crippen molar-refractivity contribution in [2.75, 3.05) is 7.11 Å². The van der Waals surface area contributed by atoms with Gasteiger partial charge in [0.2, 0.25) is 0 Å². The molecule has 1 heterocycles. The van der Waals surface area contributed by atoms with Crippen LogP contribution in [0.4, 0.5) is 8.78 Å². The lowest BCUT2D eigenvalue weighted by Gasteiger charge is -2.09. The van der Waals surface area contributed by atoms with Crippen molar-refractivity contribution in [1.29, 1.82) is 0 Å². The number of nitrogens with zero attached hydrogens (tertiary/aromatic N) is 2. The molecule has 0 atom stereocenters. The molecule has 0 amide bonds. The predicted molar refractivity (Wildman–Crippen MR) is 103 cm³/mol. The minimum atomic E-state index is -2.92. The molecule has 0 saturated carbocycles. The zero-order chi connectivity index (χ0) is 19.8. The molecular formula is C20H18F2N2O3S. The van der Waals surface area contributed by atoms with E-state index in [0.29, 0.717) is 5.56 Å². The molecule has 146 valence electrons. The van der Waals surface area contributed by atoms with Crippen molar-refractivity contribution in [1.82, 2.24) is 4.98 Å². The Balaban J connectivity index is 1.53. The molecule has 0 bridgehead atoms. The van der Waals surface area contributed by atoms with E-state index in [2.05, 4.69) is 27.0 Å². The van der Waals surface area contributed by atoms with E-state index >= 15 is 0 Å². The highest BCUT2D eigenvalue weighted by Gasteiger charge is 2.10. The quantitative estimate of drug-likeness (QED) is 0.376. The van der Waals surface area contributed by atoms with E-state index < -0.39 is 6.61 Å². The lowest BCUT2D eigenvalue weighted by atomic mass is 10.2. The van der Waals surface area contributed by atoms with E-state index in [1.165, 1.54) is 31.0 Å². The number of oxime groups is 1. The number of rotatable bonds is 9. The SMILES string of the molecule is COc1cc(/C=N/OCc2csc(Cc3ccccc3)n2)ccc1OC(F)F. The van der Waals surface area contributed by atoms with Gasteiger partial charge in [-0.3, -0.25) is 0 Å². The van der Waals surface area contributed by atoms with Crippen LogP contribution in [0, 0.1) is 0 Å². The van der Waals surface area contributed by atoms with Gasteiger partial charge in [0, 0.05) is 17.4 Å². The third-order valence-corrected chi connectivity index (χ3v) is 4.59. The molecule has 0 aliphatic rings. The lowest BCUT2D eigenvalue weighted by molar-refractivity contribution is -0.0512. The van der Waals surface area contributed by atoms with Crippen molar-refractivity contribution in [3.8, 4) is 11.5 Å². The number of benzene rings is 2. The summed E-state index contributed by atoms with van der Waals surface area (Å²) in [6.07, 6.45) is 2.24. The monoisotopic (exact) mass is 404 g/mol. The Morgan fingerprint density at radius 2 is 1.96 bits per heavy atom. The highest BCUT2D eigenvalue weighted by molar-refractivity contribution is 7.09. The average Bonchev–Trinajstić information content (AvgIpc) is 3.14. The molecule has 0 spiro atoms. The van der Waals surface area contributed by atoms with Crippen molar-refractivity contribution in [3.05, 3.63) is 75.7 Å².